The van der Waals surface area contributed by atoms with E-state index in [1.807, 2.05) is 36.4 Å². The Morgan fingerprint density at radius 1 is 1.24 bits per heavy atom. The average Bonchev–Trinajstić information content (AvgIpc) is 2.74. The number of nitrogens with zero attached hydrogens (tertiary/aromatic N) is 1. The van der Waals surface area contributed by atoms with E-state index in [2.05, 4.69) is 36.7 Å². The molecule has 0 atom stereocenters. The quantitative estimate of drug-likeness (QED) is 0.821. The van der Waals surface area contributed by atoms with Gasteiger partial charge in [-0.25, -0.2) is 0 Å². The van der Waals surface area contributed by atoms with Gasteiger partial charge in [0, 0.05) is 29.7 Å². The molecule has 0 fully saturated rings. The van der Waals surface area contributed by atoms with Gasteiger partial charge in [-0.3, -0.25) is 4.79 Å². The molecule has 2 rings (SSSR count). The van der Waals surface area contributed by atoms with E-state index in [9.17, 15) is 4.79 Å². The summed E-state index contributed by atoms with van der Waals surface area (Å²) in [5, 5.41) is 2.85. The first-order valence-electron chi connectivity index (χ1n) is 7.32. The van der Waals surface area contributed by atoms with Crippen LogP contribution in [0.5, 0.6) is 0 Å². The van der Waals surface area contributed by atoms with Gasteiger partial charge in [0.15, 0.2) is 0 Å². The van der Waals surface area contributed by atoms with Crippen molar-refractivity contribution in [1.82, 2.24) is 4.57 Å². The molecule has 1 aromatic carbocycles. The summed E-state index contributed by atoms with van der Waals surface area (Å²) in [5.74, 6) is -0.110. The smallest absolute Gasteiger partial charge is 0.248 e. The second-order valence-electron chi connectivity index (χ2n) is 5.17. The normalized spacial score (nSPS) is 11.0. The summed E-state index contributed by atoms with van der Waals surface area (Å²) in [6.07, 6.45) is 4.58. The maximum Gasteiger partial charge on any atom is 0.248 e. The van der Waals surface area contributed by atoms with Crippen molar-refractivity contribution in [3.63, 3.8) is 0 Å². The zero-order valence-electron chi connectivity index (χ0n) is 12.9. The van der Waals surface area contributed by atoms with Gasteiger partial charge in [0.25, 0.3) is 0 Å². The number of carbonyl (C=O) groups is 1. The van der Waals surface area contributed by atoms with E-state index in [-0.39, 0.29) is 5.91 Å². The van der Waals surface area contributed by atoms with Crippen molar-refractivity contribution in [2.75, 3.05) is 5.32 Å². The first-order valence-corrected chi connectivity index (χ1v) is 7.32. The first kappa shape index (κ1) is 15.1. The lowest BCUT2D eigenvalue weighted by Gasteiger charge is -2.06. The monoisotopic (exact) mass is 282 g/mol. The van der Waals surface area contributed by atoms with E-state index < -0.39 is 0 Å². The Balaban J connectivity index is 2.07. The predicted octanol–water partition coefficient (Wildman–Crippen LogP) is 4.17. The van der Waals surface area contributed by atoms with Crippen molar-refractivity contribution in [2.24, 2.45) is 0 Å². The molecule has 0 spiro atoms. The van der Waals surface area contributed by atoms with Crippen molar-refractivity contribution in [1.29, 1.82) is 0 Å². The molecule has 21 heavy (non-hydrogen) atoms. The van der Waals surface area contributed by atoms with E-state index in [0.717, 1.165) is 24.2 Å². The lowest BCUT2D eigenvalue weighted by atomic mass is 10.2. The molecular weight excluding hydrogens is 260 g/mol. The number of hydrogen-bond acceptors (Lipinski definition) is 1. The van der Waals surface area contributed by atoms with Crippen LogP contribution in [0.2, 0.25) is 0 Å². The molecule has 1 N–H and O–H groups in total. The zero-order valence-corrected chi connectivity index (χ0v) is 12.9. The number of para-hydroxylation sites is 1. The highest BCUT2D eigenvalue weighted by molar-refractivity contribution is 6.01. The molecular formula is C18H22N2O. The number of benzene rings is 1. The fourth-order valence-electron chi connectivity index (χ4n) is 2.44. The van der Waals surface area contributed by atoms with Crippen molar-refractivity contribution in [3.8, 4) is 0 Å². The van der Waals surface area contributed by atoms with Gasteiger partial charge in [0.05, 0.1) is 0 Å². The predicted molar refractivity (Wildman–Crippen MR) is 88.3 cm³/mol. The van der Waals surface area contributed by atoms with Crippen LogP contribution in [0, 0.1) is 13.8 Å². The molecule has 0 aliphatic heterocycles. The minimum Gasteiger partial charge on any atom is -0.349 e. The van der Waals surface area contributed by atoms with E-state index >= 15 is 0 Å². The van der Waals surface area contributed by atoms with Crippen LogP contribution in [0.25, 0.3) is 6.08 Å². The van der Waals surface area contributed by atoms with E-state index in [4.69, 9.17) is 0 Å². The number of nitrogens with one attached hydrogen (secondary N) is 1. The number of carbonyl (C=O) groups excluding carboxylic acids is 1. The van der Waals surface area contributed by atoms with Crippen molar-refractivity contribution in [2.45, 2.75) is 33.7 Å². The van der Waals surface area contributed by atoms with Gasteiger partial charge < -0.3 is 9.88 Å². The first-order chi connectivity index (χ1) is 10.1. The van der Waals surface area contributed by atoms with Gasteiger partial charge in [-0.1, -0.05) is 25.1 Å². The van der Waals surface area contributed by atoms with Crippen LogP contribution in [-0.4, -0.2) is 10.5 Å². The van der Waals surface area contributed by atoms with E-state index in [0.29, 0.717) is 0 Å². The Morgan fingerprint density at radius 3 is 2.62 bits per heavy atom. The number of rotatable bonds is 5. The third kappa shape index (κ3) is 3.85. The molecule has 2 aromatic rings. The molecule has 110 valence electrons. The Bertz CT molecular complexity index is 639. The third-order valence-corrected chi connectivity index (χ3v) is 3.52. The standard InChI is InChI=1S/C18H22N2O/c1-4-12-20-14(2)13-16(15(20)3)10-11-18(21)19-17-8-6-5-7-9-17/h5-11,13H,4,12H2,1-3H3,(H,19,21). The number of aryl methyl sites for hydroxylation is 1. The topological polar surface area (TPSA) is 34.0 Å². The van der Waals surface area contributed by atoms with Crippen LogP contribution in [-0.2, 0) is 11.3 Å². The number of hydrogen-bond donors (Lipinski definition) is 1. The van der Waals surface area contributed by atoms with Gasteiger partial charge >= 0.3 is 0 Å². The molecule has 3 nitrogen and oxygen atoms in total. The van der Waals surface area contributed by atoms with Gasteiger partial charge in [-0.15, -0.1) is 0 Å². The summed E-state index contributed by atoms with van der Waals surface area (Å²) >= 11 is 0. The summed E-state index contributed by atoms with van der Waals surface area (Å²) in [7, 11) is 0. The summed E-state index contributed by atoms with van der Waals surface area (Å²) in [5.41, 5.74) is 4.35. The summed E-state index contributed by atoms with van der Waals surface area (Å²) < 4.78 is 2.29. The summed E-state index contributed by atoms with van der Waals surface area (Å²) in [6.45, 7) is 7.38. The molecule has 0 unspecified atom stereocenters. The van der Waals surface area contributed by atoms with Crippen molar-refractivity contribution in [3.05, 3.63) is 59.4 Å². The van der Waals surface area contributed by atoms with E-state index in [1.54, 1.807) is 6.08 Å². The van der Waals surface area contributed by atoms with Gasteiger partial charge in [0.2, 0.25) is 5.91 Å². The van der Waals surface area contributed by atoms with Crippen molar-refractivity contribution >= 4 is 17.7 Å². The largest absolute Gasteiger partial charge is 0.349 e. The Morgan fingerprint density at radius 2 is 1.95 bits per heavy atom. The highest BCUT2D eigenvalue weighted by atomic mass is 16.1. The molecule has 3 heteroatoms. The van der Waals surface area contributed by atoms with E-state index in [1.165, 1.54) is 11.4 Å². The molecule has 0 saturated heterocycles. The fraction of sp³-hybridized carbons (Fsp3) is 0.278. The molecule has 0 saturated carbocycles. The third-order valence-electron chi connectivity index (χ3n) is 3.52. The lowest BCUT2D eigenvalue weighted by molar-refractivity contribution is -0.111. The number of anilines is 1. The van der Waals surface area contributed by atoms with Crippen LogP contribution < -0.4 is 5.32 Å². The molecule has 1 heterocycles. The van der Waals surface area contributed by atoms with Gasteiger partial charge in [-0.2, -0.15) is 0 Å². The maximum absolute atomic E-state index is 11.9. The average molecular weight is 282 g/mol. The Kier molecular flexibility index (Phi) is 4.99. The maximum atomic E-state index is 11.9. The molecule has 0 radical (unpaired) electrons. The summed E-state index contributed by atoms with van der Waals surface area (Å²) in [6, 6.07) is 11.6. The fourth-order valence-corrected chi connectivity index (χ4v) is 2.44. The second-order valence-corrected chi connectivity index (χ2v) is 5.17. The molecule has 0 bridgehead atoms. The number of amides is 1. The Hall–Kier alpha value is -2.29. The highest BCUT2D eigenvalue weighted by Crippen LogP contribution is 2.17. The minimum absolute atomic E-state index is 0.110. The zero-order chi connectivity index (χ0) is 15.2. The molecule has 0 aliphatic carbocycles. The Labute approximate surface area is 126 Å². The van der Waals surface area contributed by atoms with Crippen molar-refractivity contribution < 1.29 is 4.79 Å². The highest BCUT2D eigenvalue weighted by Gasteiger charge is 2.06. The second kappa shape index (κ2) is 6.93. The van der Waals surface area contributed by atoms with Gasteiger partial charge in [-0.05, 0) is 50.1 Å². The molecule has 0 aliphatic rings. The van der Waals surface area contributed by atoms with Crippen LogP contribution in [0.3, 0.4) is 0 Å². The number of aromatic nitrogens is 1. The van der Waals surface area contributed by atoms with Gasteiger partial charge in [0.1, 0.15) is 0 Å². The molecule has 1 aromatic heterocycles. The lowest BCUT2D eigenvalue weighted by Crippen LogP contribution is -2.07. The van der Waals surface area contributed by atoms with Crippen LogP contribution in [0.1, 0.15) is 30.3 Å². The minimum atomic E-state index is -0.110. The van der Waals surface area contributed by atoms with Crippen LogP contribution >= 0.6 is 0 Å². The van der Waals surface area contributed by atoms with Crippen LogP contribution in [0.15, 0.2) is 42.5 Å². The summed E-state index contributed by atoms with van der Waals surface area (Å²) in [4.78, 5) is 11.9. The molecule has 1 amide bonds. The SMILES string of the molecule is CCCn1c(C)cc(C=CC(=O)Nc2ccccc2)c1C. The van der Waals surface area contributed by atoms with Crippen LogP contribution in [0.4, 0.5) is 5.69 Å².